The van der Waals surface area contributed by atoms with Crippen LogP contribution in [0.4, 0.5) is 0 Å². The van der Waals surface area contributed by atoms with Crippen molar-refractivity contribution < 1.29 is 24.5 Å². The fourth-order valence-corrected chi connectivity index (χ4v) is 8.75. The van der Waals surface area contributed by atoms with Crippen molar-refractivity contribution in [2.45, 2.75) is 91.8 Å². The maximum atomic E-state index is 6.03. The fraction of sp³-hybridized carbons (Fsp3) is 0.372. The molecule has 0 saturated heterocycles. The third kappa shape index (κ3) is 8.31. The van der Waals surface area contributed by atoms with E-state index in [9.17, 15) is 0 Å². The minimum absolute atomic E-state index is 0. The molecule has 0 N–H and O–H groups in total. The molecule has 2 aromatic carbocycles. The van der Waals surface area contributed by atoms with Gasteiger partial charge in [-0.15, -0.1) is 41.5 Å². The van der Waals surface area contributed by atoms with E-state index < -0.39 is 8.07 Å². The largest absolute Gasteiger partial charge is 0.475 e. The van der Waals surface area contributed by atoms with Crippen LogP contribution in [-0.4, -0.2) is 23.0 Å². The van der Waals surface area contributed by atoms with E-state index in [0.717, 1.165) is 51.3 Å². The van der Waals surface area contributed by atoms with Crippen molar-refractivity contribution in [2.24, 2.45) is 11.8 Å². The van der Waals surface area contributed by atoms with Crippen molar-refractivity contribution in [1.29, 1.82) is 0 Å². The molecular weight excluding hydrogens is 795 g/mol. The van der Waals surface area contributed by atoms with Gasteiger partial charge < -0.3 is 19.4 Å². The summed E-state index contributed by atoms with van der Waals surface area (Å²) in [5, 5.41) is 2.53. The van der Waals surface area contributed by atoms with Gasteiger partial charge in [0.25, 0.3) is 0 Å². The smallest absolute Gasteiger partial charge is 0.125 e. The van der Waals surface area contributed by atoms with E-state index >= 15 is 0 Å². The molecule has 1 radical (unpaired) electrons. The molecule has 4 nitrogen and oxygen atoms in total. The van der Waals surface area contributed by atoms with Crippen LogP contribution in [0.15, 0.2) is 83.7 Å². The van der Waals surface area contributed by atoms with Gasteiger partial charge >= 0.3 is 0 Å². The summed E-state index contributed by atoms with van der Waals surface area (Å²) in [6, 6.07) is 27.6. The number of furan rings is 1. The number of aromatic nitrogens is 3. The first-order chi connectivity index (χ1) is 22.9. The van der Waals surface area contributed by atoms with Gasteiger partial charge in [0.2, 0.25) is 0 Å². The molecule has 0 aliphatic heterocycles. The summed E-state index contributed by atoms with van der Waals surface area (Å²) in [4.78, 5) is 14.0. The maximum Gasteiger partial charge on any atom is 0.125 e. The predicted octanol–water partition coefficient (Wildman–Crippen LogP) is 10.9. The second-order valence-corrected chi connectivity index (χ2v) is 20.6. The summed E-state index contributed by atoms with van der Waals surface area (Å²) < 4.78 is 6.03. The monoisotopic (exact) mass is 844 g/mol. The molecule has 0 unspecified atom stereocenters. The van der Waals surface area contributed by atoms with E-state index in [0.29, 0.717) is 11.5 Å². The molecule has 6 heteroatoms. The standard InChI is InChI=1S/C25H25N2O.C18H24NSi.Ir/c1-16-8-9-20-22(12-16)28-23-13-17(15-27-24(20)23)21-14-19(10-11-26-21)25(2,3)18-6-4-5-7-18;1-14(2)11-16-12-17(15-9-7-6-8-10-15)19-13-18(16)20(3,4)5;/h8-12,14-15,18H,4-7H2,1-3H3;6-9,12-14H,11H2,1-5H3;/q2*-1;. The third-order valence-corrected chi connectivity index (χ3v) is 12.0. The Morgan fingerprint density at radius 1 is 0.898 bits per heavy atom. The number of aryl methyl sites for hydroxylation is 1. The van der Waals surface area contributed by atoms with Gasteiger partial charge in [-0.2, -0.15) is 0 Å². The van der Waals surface area contributed by atoms with Gasteiger partial charge in [-0.25, -0.2) is 0 Å². The summed E-state index contributed by atoms with van der Waals surface area (Å²) in [5.41, 5.74) is 10.5. The zero-order valence-corrected chi connectivity index (χ0v) is 33.7. The van der Waals surface area contributed by atoms with E-state index in [2.05, 4.69) is 124 Å². The maximum absolute atomic E-state index is 6.03. The molecule has 1 aliphatic carbocycles. The van der Waals surface area contributed by atoms with Crippen molar-refractivity contribution in [3.63, 3.8) is 0 Å². The van der Waals surface area contributed by atoms with Crippen molar-refractivity contribution in [1.82, 2.24) is 15.0 Å². The Balaban J connectivity index is 0.000000199. The van der Waals surface area contributed by atoms with Crippen LogP contribution in [0.5, 0.6) is 0 Å². The number of benzene rings is 2. The van der Waals surface area contributed by atoms with E-state index in [1.807, 2.05) is 36.7 Å². The summed E-state index contributed by atoms with van der Waals surface area (Å²) in [6.45, 7) is 18.5. The van der Waals surface area contributed by atoms with Crippen LogP contribution >= 0.6 is 0 Å². The molecule has 1 fully saturated rings. The first-order valence-electron chi connectivity index (χ1n) is 17.5. The van der Waals surface area contributed by atoms with Crippen LogP contribution in [0.1, 0.15) is 70.1 Å². The van der Waals surface area contributed by atoms with Gasteiger partial charge in [0.05, 0.1) is 13.7 Å². The van der Waals surface area contributed by atoms with Crippen LogP contribution in [0.3, 0.4) is 0 Å². The third-order valence-electron chi connectivity index (χ3n) is 9.96. The molecule has 0 spiro atoms. The fourth-order valence-electron chi connectivity index (χ4n) is 7.16. The molecule has 0 amide bonds. The Hall–Kier alpha value is -3.44. The summed E-state index contributed by atoms with van der Waals surface area (Å²) in [5.74, 6) is 1.41. The van der Waals surface area contributed by atoms with Gasteiger partial charge in [0.1, 0.15) is 5.58 Å². The molecule has 4 heterocycles. The van der Waals surface area contributed by atoms with E-state index in [1.54, 1.807) is 0 Å². The van der Waals surface area contributed by atoms with Crippen LogP contribution in [0, 0.1) is 30.9 Å². The zero-order chi connectivity index (χ0) is 34.1. The van der Waals surface area contributed by atoms with E-state index in [4.69, 9.17) is 4.42 Å². The molecule has 49 heavy (non-hydrogen) atoms. The molecular formula is C43H49IrN3OSi-2. The average Bonchev–Trinajstić information content (AvgIpc) is 3.73. The SMILES string of the molecule is CC(C)Cc1cc(-c2[c-]cccc2)ncc1[Si](C)(C)C.Cc1ccc2c(c1)oc1[c-]c(-c3cc(C(C)(C)C4CCCC4)ccn3)cnc12.[Ir]. The van der Waals surface area contributed by atoms with E-state index in [-0.39, 0.29) is 25.5 Å². The Morgan fingerprint density at radius 3 is 2.35 bits per heavy atom. The molecule has 6 aromatic rings. The Bertz CT molecular complexity index is 2020. The predicted molar refractivity (Wildman–Crippen MR) is 203 cm³/mol. The number of nitrogens with zero attached hydrogens (tertiary/aromatic N) is 3. The average molecular weight is 844 g/mol. The number of hydrogen-bond donors (Lipinski definition) is 0. The van der Waals surface area contributed by atoms with Gasteiger partial charge in [0, 0.05) is 43.4 Å². The summed E-state index contributed by atoms with van der Waals surface area (Å²) in [7, 11) is -1.34. The van der Waals surface area contributed by atoms with Crippen LogP contribution in [-0.2, 0) is 31.9 Å². The topological polar surface area (TPSA) is 51.8 Å². The minimum Gasteiger partial charge on any atom is -0.475 e. The Kier molecular flexibility index (Phi) is 11.4. The number of rotatable bonds is 7. The summed E-state index contributed by atoms with van der Waals surface area (Å²) in [6.07, 6.45) is 12.4. The van der Waals surface area contributed by atoms with Crippen LogP contribution in [0.2, 0.25) is 19.6 Å². The van der Waals surface area contributed by atoms with Crippen molar-refractivity contribution >= 4 is 35.3 Å². The molecule has 0 bridgehead atoms. The van der Waals surface area contributed by atoms with Crippen molar-refractivity contribution in [3.8, 4) is 22.5 Å². The zero-order valence-electron chi connectivity index (χ0n) is 30.3. The van der Waals surface area contributed by atoms with Crippen molar-refractivity contribution in [3.05, 3.63) is 108 Å². The molecule has 257 valence electrons. The second kappa shape index (κ2) is 15.2. The normalized spacial score (nSPS) is 13.8. The minimum atomic E-state index is -1.34. The van der Waals surface area contributed by atoms with Gasteiger partial charge in [0.15, 0.2) is 0 Å². The van der Waals surface area contributed by atoms with Crippen LogP contribution < -0.4 is 5.19 Å². The van der Waals surface area contributed by atoms with Crippen LogP contribution in [0.25, 0.3) is 44.6 Å². The quantitative estimate of drug-likeness (QED) is 0.119. The van der Waals surface area contributed by atoms with E-state index in [1.165, 1.54) is 47.6 Å². The first kappa shape index (κ1) is 36.8. The molecule has 7 rings (SSSR count). The Labute approximate surface area is 307 Å². The van der Waals surface area contributed by atoms with Gasteiger partial charge in [-0.3, -0.25) is 0 Å². The van der Waals surface area contributed by atoms with Gasteiger partial charge in [-0.1, -0.05) is 102 Å². The first-order valence-corrected chi connectivity index (χ1v) is 21.0. The molecule has 1 saturated carbocycles. The Morgan fingerprint density at radius 2 is 1.65 bits per heavy atom. The van der Waals surface area contributed by atoms with Gasteiger partial charge in [-0.05, 0) is 83.3 Å². The molecule has 4 aromatic heterocycles. The molecule has 0 atom stereocenters. The number of hydrogen-bond acceptors (Lipinski definition) is 4. The van der Waals surface area contributed by atoms with Crippen molar-refractivity contribution in [2.75, 3.05) is 0 Å². The number of fused-ring (bicyclic) bond motifs is 3. The second-order valence-electron chi connectivity index (χ2n) is 15.6. The summed E-state index contributed by atoms with van der Waals surface area (Å²) >= 11 is 0. The molecule has 1 aliphatic rings. The number of pyridine rings is 3.